The van der Waals surface area contributed by atoms with Crippen molar-refractivity contribution in [1.82, 2.24) is 9.97 Å². The summed E-state index contributed by atoms with van der Waals surface area (Å²) < 4.78 is 0. The lowest BCUT2D eigenvalue weighted by atomic mass is 10.0. The highest BCUT2D eigenvalue weighted by Crippen LogP contribution is 2.24. The van der Waals surface area contributed by atoms with E-state index in [1.54, 1.807) is 6.20 Å². The van der Waals surface area contributed by atoms with E-state index < -0.39 is 0 Å². The first-order chi connectivity index (χ1) is 9.34. The molecule has 2 heteroatoms. The third kappa shape index (κ3) is 2.38. The Labute approximate surface area is 112 Å². The van der Waals surface area contributed by atoms with Crippen molar-refractivity contribution in [2.75, 3.05) is 0 Å². The molecule has 3 aromatic rings. The van der Waals surface area contributed by atoms with Crippen molar-refractivity contribution < 1.29 is 0 Å². The van der Waals surface area contributed by atoms with Gasteiger partial charge in [0, 0.05) is 23.5 Å². The Bertz CT molecular complexity index is 676. The third-order valence-electron chi connectivity index (χ3n) is 3.12. The molecule has 0 aliphatic heterocycles. The monoisotopic (exact) mass is 246 g/mol. The maximum Gasteiger partial charge on any atom is 0.0720 e. The van der Waals surface area contributed by atoms with Gasteiger partial charge in [0.05, 0.1) is 11.4 Å². The number of hydrogen-bond acceptors (Lipinski definition) is 2. The van der Waals surface area contributed by atoms with Gasteiger partial charge in [0.2, 0.25) is 0 Å². The second-order valence-corrected chi connectivity index (χ2v) is 4.47. The summed E-state index contributed by atoms with van der Waals surface area (Å²) in [6.07, 6.45) is 3.71. The Morgan fingerprint density at radius 1 is 0.789 bits per heavy atom. The van der Waals surface area contributed by atoms with Crippen LogP contribution in [0.1, 0.15) is 5.56 Å². The molecule has 0 saturated heterocycles. The van der Waals surface area contributed by atoms with E-state index >= 15 is 0 Å². The average molecular weight is 246 g/mol. The van der Waals surface area contributed by atoms with Gasteiger partial charge in [-0.1, -0.05) is 36.4 Å². The van der Waals surface area contributed by atoms with Crippen LogP contribution in [0, 0.1) is 6.92 Å². The van der Waals surface area contributed by atoms with Crippen molar-refractivity contribution in [1.29, 1.82) is 0 Å². The molecule has 0 saturated carbocycles. The molecule has 0 aliphatic carbocycles. The quantitative estimate of drug-likeness (QED) is 0.679. The molecule has 0 aliphatic rings. The highest BCUT2D eigenvalue weighted by atomic mass is 14.7. The molecule has 2 nitrogen and oxygen atoms in total. The first-order valence-electron chi connectivity index (χ1n) is 6.28. The minimum atomic E-state index is 0.965. The molecule has 19 heavy (non-hydrogen) atoms. The van der Waals surface area contributed by atoms with Gasteiger partial charge in [0.15, 0.2) is 0 Å². The molecule has 0 amide bonds. The van der Waals surface area contributed by atoms with Gasteiger partial charge in [-0.25, -0.2) is 0 Å². The Balaban J connectivity index is 2.04. The van der Waals surface area contributed by atoms with Crippen LogP contribution in [0.3, 0.4) is 0 Å². The molecule has 0 bridgehead atoms. The Hall–Kier alpha value is -2.48. The van der Waals surface area contributed by atoms with Crippen LogP contribution in [-0.2, 0) is 0 Å². The summed E-state index contributed by atoms with van der Waals surface area (Å²) in [7, 11) is 0. The van der Waals surface area contributed by atoms with Gasteiger partial charge in [0.25, 0.3) is 0 Å². The third-order valence-corrected chi connectivity index (χ3v) is 3.12. The molecule has 3 rings (SSSR count). The molecular formula is C17H14N2. The molecule has 0 spiro atoms. The highest BCUT2D eigenvalue weighted by Gasteiger charge is 2.06. The second kappa shape index (κ2) is 5.02. The lowest BCUT2D eigenvalue weighted by Crippen LogP contribution is -1.91. The van der Waals surface area contributed by atoms with Crippen molar-refractivity contribution in [2.45, 2.75) is 6.92 Å². The summed E-state index contributed by atoms with van der Waals surface area (Å²) in [4.78, 5) is 8.92. The highest BCUT2D eigenvalue weighted by molar-refractivity contribution is 5.67. The molecule has 0 atom stereocenters. The minimum absolute atomic E-state index is 0.965. The van der Waals surface area contributed by atoms with Crippen LogP contribution in [0.15, 0.2) is 67.0 Å². The van der Waals surface area contributed by atoms with Crippen molar-refractivity contribution in [3.8, 4) is 22.5 Å². The number of aryl methyl sites for hydroxylation is 1. The SMILES string of the molecule is Cc1cc(-c2ccccc2)ncc1-c1ccccn1. The number of pyridine rings is 2. The van der Waals surface area contributed by atoms with Crippen LogP contribution in [0.2, 0.25) is 0 Å². The lowest BCUT2D eigenvalue weighted by molar-refractivity contribution is 1.25. The minimum Gasteiger partial charge on any atom is -0.256 e. The topological polar surface area (TPSA) is 25.8 Å². The largest absolute Gasteiger partial charge is 0.256 e. The molecule has 92 valence electrons. The van der Waals surface area contributed by atoms with E-state index in [1.807, 2.05) is 42.6 Å². The van der Waals surface area contributed by atoms with Gasteiger partial charge in [-0.3, -0.25) is 9.97 Å². The standard InChI is InChI=1S/C17H14N2/c1-13-11-17(14-7-3-2-4-8-14)19-12-15(13)16-9-5-6-10-18-16/h2-12H,1H3. The van der Waals surface area contributed by atoms with E-state index in [-0.39, 0.29) is 0 Å². The summed E-state index contributed by atoms with van der Waals surface area (Å²) in [6, 6.07) is 18.2. The molecule has 2 aromatic heterocycles. The van der Waals surface area contributed by atoms with E-state index in [1.165, 1.54) is 5.56 Å². The first-order valence-corrected chi connectivity index (χ1v) is 6.28. The molecule has 1 aromatic carbocycles. The summed E-state index contributed by atoms with van der Waals surface area (Å²) >= 11 is 0. The van der Waals surface area contributed by atoms with Crippen LogP contribution in [-0.4, -0.2) is 9.97 Å². The fraction of sp³-hybridized carbons (Fsp3) is 0.0588. The van der Waals surface area contributed by atoms with Crippen molar-refractivity contribution in [3.63, 3.8) is 0 Å². The fourth-order valence-electron chi connectivity index (χ4n) is 2.11. The molecule has 0 fully saturated rings. The zero-order valence-corrected chi connectivity index (χ0v) is 10.7. The van der Waals surface area contributed by atoms with Gasteiger partial charge < -0.3 is 0 Å². The van der Waals surface area contributed by atoms with Gasteiger partial charge in [-0.05, 0) is 30.7 Å². The van der Waals surface area contributed by atoms with Crippen molar-refractivity contribution in [2.24, 2.45) is 0 Å². The van der Waals surface area contributed by atoms with E-state index in [9.17, 15) is 0 Å². The summed E-state index contributed by atoms with van der Waals surface area (Å²) in [5.41, 5.74) is 5.37. The summed E-state index contributed by atoms with van der Waals surface area (Å²) in [6.45, 7) is 2.10. The average Bonchev–Trinajstić information content (AvgIpc) is 2.49. The van der Waals surface area contributed by atoms with Crippen LogP contribution in [0.5, 0.6) is 0 Å². The van der Waals surface area contributed by atoms with Crippen LogP contribution in [0.4, 0.5) is 0 Å². The molecule has 0 N–H and O–H groups in total. The maximum absolute atomic E-state index is 4.55. The van der Waals surface area contributed by atoms with Gasteiger partial charge in [0.1, 0.15) is 0 Å². The molecule has 0 radical (unpaired) electrons. The predicted molar refractivity (Wildman–Crippen MR) is 77.6 cm³/mol. The molecular weight excluding hydrogens is 232 g/mol. The number of aromatic nitrogens is 2. The van der Waals surface area contributed by atoms with Gasteiger partial charge >= 0.3 is 0 Å². The predicted octanol–water partition coefficient (Wildman–Crippen LogP) is 4.12. The number of rotatable bonds is 2. The van der Waals surface area contributed by atoms with Crippen LogP contribution < -0.4 is 0 Å². The summed E-state index contributed by atoms with van der Waals surface area (Å²) in [5.74, 6) is 0. The number of hydrogen-bond donors (Lipinski definition) is 0. The van der Waals surface area contributed by atoms with Crippen molar-refractivity contribution >= 4 is 0 Å². The second-order valence-electron chi connectivity index (χ2n) is 4.47. The first kappa shape index (κ1) is 11.6. The maximum atomic E-state index is 4.55. The van der Waals surface area contributed by atoms with E-state index in [0.29, 0.717) is 0 Å². The Morgan fingerprint density at radius 2 is 1.58 bits per heavy atom. The fourth-order valence-corrected chi connectivity index (χ4v) is 2.11. The summed E-state index contributed by atoms with van der Waals surface area (Å²) in [5, 5.41) is 0. The van der Waals surface area contributed by atoms with Crippen LogP contribution in [0.25, 0.3) is 22.5 Å². The van der Waals surface area contributed by atoms with Crippen LogP contribution >= 0.6 is 0 Å². The van der Waals surface area contributed by atoms with E-state index in [0.717, 1.165) is 22.5 Å². The lowest BCUT2D eigenvalue weighted by Gasteiger charge is -2.07. The van der Waals surface area contributed by atoms with Gasteiger partial charge in [-0.2, -0.15) is 0 Å². The smallest absolute Gasteiger partial charge is 0.0720 e. The molecule has 0 unspecified atom stereocenters. The number of nitrogens with zero attached hydrogens (tertiary/aromatic N) is 2. The Kier molecular flexibility index (Phi) is 3.07. The van der Waals surface area contributed by atoms with E-state index in [4.69, 9.17) is 0 Å². The zero-order valence-electron chi connectivity index (χ0n) is 10.7. The number of benzene rings is 1. The zero-order chi connectivity index (χ0) is 13.1. The van der Waals surface area contributed by atoms with Gasteiger partial charge in [-0.15, -0.1) is 0 Å². The van der Waals surface area contributed by atoms with Crippen molar-refractivity contribution in [3.05, 3.63) is 72.6 Å². The molecule has 2 heterocycles. The Morgan fingerprint density at radius 3 is 2.26 bits per heavy atom. The van der Waals surface area contributed by atoms with E-state index in [2.05, 4.69) is 35.1 Å². The normalized spacial score (nSPS) is 10.4.